The number of benzene rings is 3. The van der Waals surface area contributed by atoms with E-state index in [4.69, 9.17) is 4.74 Å². The summed E-state index contributed by atoms with van der Waals surface area (Å²) in [5.41, 5.74) is 4.56. The van der Waals surface area contributed by atoms with Crippen molar-refractivity contribution in [2.75, 3.05) is 20.2 Å². The van der Waals surface area contributed by atoms with Gasteiger partial charge < -0.3 is 30.6 Å². The first-order chi connectivity index (χ1) is 16.5. The quantitative estimate of drug-likeness (QED) is 0.178. The standard InChI is InChI=1S/C26H29N3O4S.2ClH/c1-33-23-8-3-2-7-19(23)15-28-14-18-6-4-5-17(13-18)11-12-27-16-22(31)20-9-10-21(30)24-25(20)34-26(32)29-24;;/h2-10,13,22,27-28,30-31H,11-12,14-16H2,1H3,(H,29,32);2*1H. The van der Waals surface area contributed by atoms with Crippen LogP contribution in [0.5, 0.6) is 11.5 Å². The molecule has 0 aliphatic heterocycles. The second-order valence-electron chi connectivity index (χ2n) is 8.10. The number of methoxy groups -OCH3 is 1. The molecule has 0 amide bonds. The zero-order valence-electron chi connectivity index (χ0n) is 19.8. The first-order valence-electron chi connectivity index (χ1n) is 11.2. The maximum atomic E-state index is 11.7. The van der Waals surface area contributed by atoms with Gasteiger partial charge in [-0.3, -0.25) is 4.79 Å². The number of thiazole rings is 1. The molecule has 0 spiro atoms. The van der Waals surface area contributed by atoms with Gasteiger partial charge in [0.25, 0.3) is 0 Å². The summed E-state index contributed by atoms with van der Waals surface area (Å²) in [7, 11) is 1.68. The molecule has 1 aromatic heterocycles. The van der Waals surface area contributed by atoms with E-state index in [-0.39, 0.29) is 35.4 Å². The number of halogens is 2. The number of ether oxygens (including phenoxy) is 1. The lowest BCUT2D eigenvalue weighted by Crippen LogP contribution is -2.24. The summed E-state index contributed by atoms with van der Waals surface area (Å²) in [4.78, 5) is 14.0. The summed E-state index contributed by atoms with van der Waals surface area (Å²) in [6.45, 7) is 2.55. The molecule has 194 valence electrons. The van der Waals surface area contributed by atoms with Crippen molar-refractivity contribution in [3.05, 3.63) is 92.6 Å². The highest BCUT2D eigenvalue weighted by Gasteiger charge is 2.15. The van der Waals surface area contributed by atoms with Crippen molar-refractivity contribution in [1.82, 2.24) is 15.6 Å². The third-order valence-corrected chi connectivity index (χ3v) is 6.64. The van der Waals surface area contributed by atoms with E-state index in [9.17, 15) is 15.0 Å². The molecule has 10 heteroatoms. The zero-order chi connectivity index (χ0) is 23.9. The van der Waals surface area contributed by atoms with Gasteiger partial charge in [-0.1, -0.05) is 59.9 Å². The lowest BCUT2D eigenvalue weighted by molar-refractivity contribution is 0.176. The average Bonchev–Trinajstić information content (AvgIpc) is 3.25. The molecule has 3 aromatic carbocycles. The van der Waals surface area contributed by atoms with Crippen molar-refractivity contribution < 1.29 is 14.9 Å². The number of rotatable bonds is 11. The maximum Gasteiger partial charge on any atom is 0.305 e. The molecular weight excluding hydrogens is 521 g/mol. The third kappa shape index (κ3) is 7.46. The van der Waals surface area contributed by atoms with Gasteiger partial charge in [0.2, 0.25) is 0 Å². The number of aromatic amines is 1. The number of aromatic nitrogens is 1. The third-order valence-electron chi connectivity index (χ3n) is 5.70. The number of para-hydroxylation sites is 1. The van der Waals surface area contributed by atoms with Gasteiger partial charge in [-0.25, -0.2) is 0 Å². The SMILES string of the molecule is COc1ccccc1CNCc1cccc(CCNCC(O)c2ccc(O)c3[nH]c(=O)sc23)c1.Cl.Cl. The number of hydrogen-bond acceptors (Lipinski definition) is 7. The zero-order valence-corrected chi connectivity index (χ0v) is 22.3. The minimum atomic E-state index is -0.778. The molecule has 1 atom stereocenters. The molecule has 4 rings (SSSR count). The van der Waals surface area contributed by atoms with Crippen LogP contribution in [-0.4, -0.2) is 35.4 Å². The van der Waals surface area contributed by atoms with Crippen LogP contribution in [-0.2, 0) is 19.5 Å². The highest BCUT2D eigenvalue weighted by atomic mass is 35.5. The van der Waals surface area contributed by atoms with Crippen molar-refractivity contribution in [3.8, 4) is 11.5 Å². The van der Waals surface area contributed by atoms with Crippen LogP contribution in [0.25, 0.3) is 10.2 Å². The van der Waals surface area contributed by atoms with Crippen LogP contribution in [0, 0.1) is 0 Å². The maximum absolute atomic E-state index is 11.7. The van der Waals surface area contributed by atoms with Gasteiger partial charge in [-0.05, 0) is 36.2 Å². The van der Waals surface area contributed by atoms with E-state index in [0.717, 1.165) is 42.2 Å². The Morgan fingerprint density at radius 3 is 2.58 bits per heavy atom. The van der Waals surface area contributed by atoms with Crippen molar-refractivity contribution in [1.29, 1.82) is 0 Å². The minimum absolute atomic E-state index is 0. The highest BCUT2D eigenvalue weighted by Crippen LogP contribution is 2.31. The second-order valence-corrected chi connectivity index (χ2v) is 9.08. The summed E-state index contributed by atoms with van der Waals surface area (Å²) in [6, 6.07) is 19.6. The summed E-state index contributed by atoms with van der Waals surface area (Å²) >= 11 is 0.994. The molecule has 1 heterocycles. The first-order valence-corrected chi connectivity index (χ1v) is 12.0. The van der Waals surface area contributed by atoms with E-state index < -0.39 is 6.10 Å². The predicted octanol–water partition coefficient (Wildman–Crippen LogP) is 4.30. The van der Waals surface area contributed by atoms with Crippen LogP contribution < -0.4 is 20.2 Å². The summed E-state index contributed by atoms with van der Waals surface area (Å²) in [5.74, 6) is 0.894. The normalized spacial score (nSPS) is 11.5. The Hall–Kier alpha value is -2.59. The lowest BCUT2D eigenvalue weighted by Gasteiger charge is -2.14. The Labute approximate surface area is 226 Å². The summed E-state index contributed by atoms with van der Waals surface area (Å²) in [5, 5.41) is 27.3. The van der Waals surface area contributed by atoms with Crippen molar-refractivity contribution in [2.45, 2.75) is 25.6 Å². The Balaban J connectivity index is 0.00000228. The molecule has 0 aliphatic carbocycles. The van der Waals surface area contributed by atoms with Gasteiger partial charge in [0.1, 0.15) is 17.0 Å². The molecule has 0 saturated carbocycles. The van der Waals surface area contributed by atoms with Crippen molar-refractivity contribution in [2.24, 2.45) is 0 Å². The van der Waals surface area contributed by atoms with E-state index >= 15 is 0 Å². The van der Waals surface area contributed by atoms with Crippen LogP contribution >= 0.6 is 36.2 Å². The molecule has 0 aliphatic rings. The Morgan fingerprint density at radius 1 is 1.00 bits per heavy atom. The highest BCUT2D eigenvalue weighted by molar-refractivity contribution is 7.16. The molecular formula is C26H31Cl2N3O4S. The fourth-order valence-electron chi connectivity index (χ4n) is 3.97. The molecule has 0 radical (unpaired) electrons. The molecule has 4 aromatic rings. The van der Waals surface area contributed by atoms with E-state index in [2.05, 4.69) is 45.9 Å². The van der Waals surface area contributed by atoms with Gasteiger partial charge in [-0.2, -0.15) is 0 Å². The molecule has 0 fully saturated rings. The van der Waals surface area contributed by atoms with Crippen LogP contribution in [0.15, 0.2) is 65.5 Å². The smallest absolute Gasteiger partial charge is 0.305 e. The molecule has 5 N–H and O–H groups in total. The monoisotopic (exact) mass is 551 g/mol. The number of aromatic hydroxyl groups is 1. The summed E-state index contributed by atoms with van der Waals surface area (Å²) in [6.07, 6.45) is 0.0512. The number of H-pyrrole nitrogens is 1. The number of aliphatic hydroxyl groups excluding tert-OH is 1. The molecule has 0 saturated heterocycles. The van der Waals surface area contributed by atoms with Gasteiger partial charge >= 0.3 is 4.87 Å². The van der Waals surface area contributed by atoms with E-state index in [0.29, 0.717) is 28.9 Å². The van der Waals surface area contributed by atoms with Crippen LogP contribution in [0.2, 0.25) is 0 Å². The Bertz CT molecular complexity index is 1310. The van der Waals surface area contributed by atoms with Gasteiger partial charge in [0, 0.05) is 30.8 Å². The molecule has 1 unspecified atom stereocenters. The number of fused-ring (bicyclic) bond motifs is 1. The Kier molecular flexibility index (Phi) is 11.7. The number of nitrogens with one attached hydrogen (secondary N) is 3. The van der Waals surface area contributed by atoms with Gasteiger partial charge in [0.15, 0.2) is 0 Å². The second kappa shape index (κ2) is 14.2. The molecule has 0 bridgehead atoms. The average molecular weight is 553 g/mol. The topological polar surface area (TPSA) is 107 Å². The number of phenolic OH excluding ortho intramolecular Hbond substituents is 1. The van der Waals surface area contributed by atoms with E-state index in [1.165, 1.54) is 17.2 Å². The number of phenols is 1. The fraction of sp³-hybridized carbons (Fsp3) is 0.269. The Morgan fingerprint density at radius 2 is 1.78 bits per heavy atom. The summed E-state index contributed by atoms with van der Waals surface area (Å²) < 4.78 is 5.99. The predicted molar refractivity (Wildman–Crippen MR) is 150 cm³/mol. The van der Waals surface area contributed by atoms with Gasteiger partial charge in [0.05, 0.1) is 17.9 Å². The lowest BCUT2D eigenvalue weighted by atomic mass is 10.1. The first kappa shape index (κ1) is 29.6. The fourth-order valence-corrected chi connectivity index (χ4v) is 4.89. The van der Waals surface area contributed by atoms with E-state index in [1.807, 2.05) is 18.2 Å². The largest absolute Gasteiger partial charge is 0.506 e. The van der Waals surface area contributed by atoms with Gasteiger partial charge in [-0.15, -0.1) is 24.8 Å². The number of aliphatic hydroxyl groups is 1. The number of hydrogen-bond donors (Lipinski definition) is 5. The van der Waals surface area contributed by atoms with Crippen molar-refractivity contribution in [3.63, 3.8) is 0 Å². The van der Waals surface area contributed by atoms with Crippen LogP contribution in [0.1, 0.15) is 28.4 Å². The van der Waals surface area contributed by atoms with Crippen molar-refractivity contribution >= 4 is 46.4 Å². The molecule has 7 nitrogen and oxygen atoms in total. The van der Waals surface area contributed by atoms with E-state index in [1.54, 1.807) is 13.2 Å². The van der Waals surface area contributed by atoms with Crippen LogP contribution in [0.4, 0.5) is 0 Å². The van der Waals surface area contributed by atoms with Crippen LogP contribution in [0.3, 0.4) is 0 Å². The minimum Gasteiger partial charge on any atom is -0.506 e. The molecule has 36 heavy (non-hydrogen) atoms.